The highest BCUT2D eigenvalue weighted by Gasteiger charge is 2.63. The summed E-state index contributed by atoms with van der Waals surface area (Å²) in [6, 6.07) is 0. The van der Waals surface area contributed by atoms with Gasteiger partial charge in [0.2, 0.25) is 0 Å². The van der Waals surface area contributed by atoms with Crippen LogP contribution in [0.1, 0.15) is 13.8 Å². The highest BCUT2D eigenvalue weighted by atomic mass is 28.6. The van der Waals surface area contributed by atoms with E-state index in [9.17, 15) is 0 Å². The summed E-state index contributed by atoms with van der Waals surface area (Å²) in [5.41, 5.74) is 0. The summed E-state index contributed by atoms with van der Waals surface area (Å²) >= 11 is 0. The van der Waals surface area contributed by atoms with Gasteiger partial charge in [0.05, 0.1) is 0 Å². The molecule has 0 unspecified atom stereocenters. The summed E-state index contributed by atoms with van der Waals surface area (Å²) < 4.78 is 45.2. The van der Waals surface area contributed by atoms with E-state index in [1.54, 1.807) is 0 Å². The van der Waals surface area contributed by atoms with Gasteiger partial charge in [0.1, 0.15) is 0 Å². The molecular weight excluding hydrogens is 473 g/mol. The Morgan fingerprint density at radius 2 is 0.586 bits per heavy atom. The Balaban J connectivity index is 6.48. The Hall–Kier alpha value is 1.02. The van der Waals surface area contributed by atoms with Crippen LogP contribution < -0.4 is 0 Å². The second kappa shape index (κ2) is 10.8. The van der Waals surface area contributed by atoms with E-state index in [0.717, 1.165) is 0 Å². The second-order valence-electron chi connectivity index (χ2n) is 10.8. The summed E-state index contributed by atoms with van der Waals surface area (Å²) in [6.45, 7) is 29.9. The van der Waals surface area contributed by atoms with Crippen LogP contribution in [-0.4, -0.2) is 64.6 Å². The number of hydrogen-bond donors (Lipinski definition) is 0. The lowest BCUT2D eigenvalue weighted by Gasteiger charge is -2.44. The van der Waals surface area contributed by atoms with Crippen molar-refractivity contribution in [2.75, 3.05) is 13.2 Å². The Labute approximate surface area is 186 Å². The molecule has 0 heterocycles. The van der Waals surface area contributed by atoms with Gasteiger partial charge >= 0.3 is 18.1 Å². The van der Waals surface area contributed by atoms with E-state index in [2.05, 4.69) is 78.6 Å². The molecule has 0 saturated heterocycles. The fourth-order valence-electron chi connectivity index (χ4n) is 2.31. The van der Waals surface area contributed by atoms with Crippen LogP contribution in [0.4, 0.5) is 0 Å². The molecule has 0 aliphatic rings. The van der Waals surface area contributed by atoms with E-state index in [1.165, 1.54) is 0 Å². The average Bonchev–Trinajstić information content (AvgIpc) is 2.28. The van der Waals surface area contributed by atoms with Crippen molar-refractivity contribution in [3.8, 4) is 0 Å². The van der Waals surface area contributed by atoms with Crippen molar-refractivity contribution in [1.82, 2.24) is 0 Å². The third kappa shape index (κ3) is 13.9. The van der Waals surface area contributed by atoms with Gasteiger partial charge in [0, 0.05) is 13.2 Å². The summed E-state index contributed by atoms with van der Waals surface area (Å²) in [4.78, 5) is 0. The molecule has 0 radical (unpaired) electrons. The predicted molar refractivity (Wildman–Crippen MR) is 134 cm³/mol. The molecule has 0 aromatic heterocycles. The molecule has 7 nitrogen and oxygen atoms in total. The summed E-state index contributed by atoms with van der Waals surface area (Å²) in [5, 5.41) is 0. The maximum atomic E-state index is 6.69. The molecule has 0 aromatic rings. The zero-order valence-electron chi connectivity index (χ0n) is 21.3. The van der Waals surface area contributed by atoms with Crippen LogP contribution in [0.25, 0.3) is 0 Å². The first kappa shape index (κ1) is 30.0. The van der Waals surface area contributed by atoms with Gasteiger partial charge in [-0.2, -0.15) is 0 Å². The Bertz CT molecular complexity index is 418. The predicted octanol–water partition coefficient (Wildman–Crippen LogP) is 5.35. The lowest BCUT2D eigenvalue weighted by atomic mass is 10.9. The van der Waals surface area contributed by atoms with Crippen molar-refractivity contribution in [3.05, 3.63) is 0 Å². The smallest absolute Gasteiger partial charge is 0.395 e. The topological polar surface area (TPSA) is 64.6 Å². The molecule has 0 N–H and O–H groups in total. The van der Waals surface area contributed by atoms with E-state index in [4.69, 9.17) is 29.4 Å². The fourth-order valence-corrected chi connectivity index (χ4v) is 20.9. The van der Waals surface area contributed by atoms with Crippen molar-refractivity contribution in [1.29, 1.82) is 0 Å². The summed E-state index contributed by atoms with van der Waals surface area (Å²) in [5.74, 6) is 0. The average molecular weight is 519 g/mol. The van der Waals surface area contributed by atoms with E-state index in [-0.39, 0.29) is 0 Å². The van der Waals surface area contributed by atoms with Crippen molar-refractivity contribution < 1.29 is 29.4 Å². The molecular formula is C16H46O7Si6. The monoisotopic (exact) mass is 518 g/mol. The Morgan fingerprint density at radius 1 is 0.379 bits per heavy atom. The van der Waals surface area contributed by atoms with Crippen molar-refractivity contribution in [3.63, 3.8) is 0 Å². The van der Waals surface area contributed by atoms with Crippen LogP contribution in [-0.2, 0) is 29.4 Å². The highest BCUT2D eigenvalue weighted by molar-refractivity contribution is 6.89. The summed E-state index contributed by atoms with van der Waals surface area (Å²) in [6.07, 6.45) is 0. The molecule has 0 spiro atoms. The van der Waals surface area contributed by atoms with Gasteiger partial charge in [-0.1, -0.05) is 0 Å². The number of rotatable bonds is 14. The van der Waals surface area contributed by atoms with Gasteiger partial charge < -0.3 is 29.4 Å². The van der Waals surface area contributed by atoms with Crippen LogP contribution in [0.15, 0.2) is 0 Å². The van der Waals surface area contributed by atoms with Crippen molar-refractivity contribution in [2.24, 2.45) is 0 Å². The molecule has 176 valence electrons. The third-order valence-corrected chi connectivity index (χ3v) is 19.7. The van der Waals surface area contributed by atoms with Crippen molar-refractivity contribution >= 4 is 51.4 Å². The van der Waals surface area contributed by atoms with Gasteiger partial charge in [0.25, 0.3) is 0 Å². The van der Waals surface area contributed by atoms with Crippen LogP contribution in [0.3, 0.4) is 0 Å². The largest absolute Gasteiger partial charge is 0.652 e. The minimum Gasteiger partial charge on any atom is -0.395 e. The standard InChI is InChI=1S/C16H46O7Si6/c1-15-17-28(19-24(3,4)5,20-25(6,7)8)23-29(18-16-2,21-26(9,10)11)22-27(12,13)14/h15-16H2,1-14H3. The maximum absolute atomic E-state index is 6.69. The lowest BCUT2D eigenvalue weighted by Crippen LogP contribution is -2.69. The molecule has 0 aliphatic carbocycles. The quantitative estimate of drug-likeness (QED) is 0.287. The Morgan fingerprint density at radius 3 is 0.724 bits per heavy atom. The van der Waals surface area contributed by atoms with Crippen molar-refractivity contribution in [2.45, 2.75) is 92.4 Å². The van der Waals surface area contributed by atoms with Gasteiger partial charge in [0.15, 0.2) is 33.3 Å². The van der Waals surface area contributed by atoms with Crippen LogP contribution in [0.2, 0.25) is 78.6 Å². The highest BCUT2D eigenvalue weighted by Crippen LogP contribution is 2.31. The fraction of sp³-hybridized carbons (Fsp3) is 1.00. The van der Waals surface area contributed by atoms with Gasteiger partial charge in [-0.15, -0.1) is 0 Å². The molecule has 0 amide bonds. The lowest BCUT2D eigenvalue weighted by molar-refractivity contribution is 0.0150. The maximum Gasteiger partial charge on any atom is 0.652 e. The molecule has 0 aliphatic heterocycles. The first-order chi connectivity index (χ1) is 12.7. The third-order valence-electron chi connectivity index (χ3n) is 2.62. The Kier molecular flexibility index (Phi) is 11.1. The van der Waals surface area contributed by atoms with E-state index in [1.807, 2.05) is 13.8 Å². The minimum absolute atomic E-state index is 0.414. The molecule has 0 saturated carbocycles. The van der Waals surface area contributed by atoms with E-state index >= 15 is 0 Å². The molecule has 0 aromatic carbocycles. The zero-order chi connectivity index (χ0) is 23.4. The second-order valence-corrected chi connectivity index (χ2v) is 34.4. The zero-order valence-corrected chi connectivity index (χ0v) is 27.3. The minimum atomic E-state index is -3.58. The molecule has 13 heteroatoms. The van der Waals surface area contributed by atoms with Gasteiger partial charge in [-0.25, -0.2) is 0 Å². The molecule has 0 rings (SSSR count). The van der Waals surface area contributed by atoms with Gasteiger partial charge in [-0.3, -0.25) is 0 Å². The summed E-state index contributed by atoms with van der Waals surface area (Å²) in [7, 11) is -15.5. The SMILES string of the molecule is CCO[Si](O[Si](C)(C)C)(O[Si](C)(C)C)O[Si](OCC)(O[Si](C)(C)C)O[Si](C)(C)C. The first-order valence-electron chi connectivity index (χ1n) is 10.4. The molecule has 0 bridgehead atoms. The van der Waals surface area contributed by atoms with E-state index < -0.39 is 51.4 Å². The molecule has 29 heavy (non-hydrogen) atoms. The van der Waals surface area contributed by atoms with Crippen LogP contribution in [0, 0.1) is 0 Å². The van der Waals surface area contributed by atoms with Crippen LogP contribution >= 0.6 is 0 Å². The number of hydrogen-bond acceptors (Lipinski definition) is 7. The molecule has 0 atom stereocenters. The van der Waals surface area contributed by atoms with Gasteiger partial charge in [-0.05, 0) is 92.4 Å². The van der Waals surface area contributed by atoms with Crippen LogP contribution in [0.5, 0.6) is 0 Å². The first-order valence-corrected chi connectivity index (χ1v) is 27.3. The normalized spacial score (nSPS) is 15.1. The van der Waals surface area contributed by atoms with E-state index in [0.29, 0.717) is 13.2 Å². The molecule has 0 fully saturated rings.